The summed E-state index contributed by atoms with van der Waals surface area (Å²) in [7, 11) is 0. The van der Waals surface area contributed by atoms with Crippen molar-refractivity contribution in [1.82, 2.24) is 0 Å². The largest absolute Gasteiger partial charge is 0.506 e. The van der Waals surface area contributed by atoms with E-state index in [0.29, 0.717) is 5.69 Å². The number of halogens is 1. The van der Waals surface area contributed by atoms with E-state index in [1.165, 1.54) is 4.90 Å². The quantitative estimate of drug-likeness (QED) is 0.511. The van der Waals surface area contributed by atoms with Gasteiger partial charge in [0.05, 0.1) is 5.69 Å². The molecule has 0 aliphatic rings. The zero-order valence-corrected chi connectivity index (χ0v) is 11.5. The Labute approximate surface area is 113 Å². The Bertz CT molecular complexity index is 531. The van der Waals surface area contributed by atoms with Crippen molar-refractivity contribution in [3.63, 3.8) is 0 Å². The van der Waals surface area contributed by atoms with Crippen molar-refractivity contribution in [2.45, 2.75) is 10.6 Å². The highest BCUT2D eigenvalue weighted by Crippen LogP contribution is 2.28. The maximum atomic E-state index is 9.33. The summed E-state index contributed by atoms with van der Waals surface area (Å²) in [6.07, 6.45) is 0. The molecule has 0 aliphatic carbocycles. The maximum Gasteiger partial charge on any atom is 0.138 e. The molecule has 2 aromatic rings. The summed E-state index contributed by atoms with van der Waals surface area (Å²) < 4.78 is 1.08. The molecule has 0 amide bonds. The molecule has 17 heavy (non-hydrogen) atoms. The second-order valence-corrected chi connectivity index (χ2v) is 5.60. The van der Waals surface area contributed by atoms with Crippen molar-refractivity contribution in [1.29, 1.82) is 0 Å². The van der Waals surface area contributed by atoms with Crippen LogP contribution in [0.4, 0.5) is 5.69 Å². The lowest BCUT2D eigenvalue weighted by Gasteiger charge is -2.05. The van der Waals surface area contributed by atoms with E-state index < -0.39 is 0 Å². The van der Waals surface area contributed by atoms with Gasteiger partial charge < -0.3 is 10.8 Å². The number of phenolic OH excluding ortho intramolecular Hbond substituents is 1. The zero-order valence-electron chi connectivity index (χ0n) is 9.06. The van der Waals surface area contributed by atoms with E-state index in [1.807, 2.05) is 18.2 Å². The van der Waals surface area contributed by atoms with Gasteiger partial charge in [0.2, 0.25) is 0 Å². The van der Waals surface area contributed by atoms with E-state index in [-0.39, 0.29) is 5.75 Å². The van der Waals surface area contributed by atoms with Crippen molar-refractivity contribution in [2.75, 3.05) is 5.73 Å². The number of rotatable bonds is 3. The first-order valence-electron chi connectivity index (χ1n) is 5.11. The van der Waals surface area contributed by atoms with Crippen molar-refractivity contribution in [3.8, 4) is 5.75 Å². The standard InChI is InChI=1S/C13H12BrNOS/c14-10-2-1-3-11(7-10)17-8-9-4-5-13(16)12(15)6-9/h1-7,16H,8,15H2. The van der Waals surface area contributed by atoms with Crippen LogP contribution in [0.5, 0.6) is 5.75 Å². The molecule has 88 valence electrons. The van der Waals surface area contributed by atoms with E-state index in [0.717, 1.165) is 15.8 Å². The molecular weight excluding hydrogens is 298 g/mol. The molecule has 0 spiro atoms. The topological polar surface area (TPSA) is 46.2 Å². The van der Waals surface area contributed by atoms with E-state index >= 15 is 0 Å². The smallest absolute Gasteiger partial charge is 0.138 e. The molecule has 2 nitrogen and oxygen atoms in total. The third-order valence-corrected chi connectivity index (χ3v) is 3.85. The Morgan fingerprint density at radius 3 is 2.71 bits per heavy atom. The fourth-order valence-corrected chi connectivity index (χ4v) is 2.87. The van der Waals surface area contributed by atoms with E-state index in [1.54, 1.807) is 23.9 Å². The molecule has 0 aliphatic heterocycles. The molecule has 2 aromatic carbocycles. The molecule has 0 saturated heterocycles. The number of benzene rings is 2. The average Bonchev–Trinajstić information content (AvgIpc) is 2.31. The second-order valence-electron chi connectivity index (χ2n) is 3.64. The highest BCUT2D eigenvalue weighted by Gasteiger charge is 2.00. The summed E-state index contributed by atoms with van der Waals surface area (Å²) in [5.41, 5.74) is 7.18. The van der Waals surface area contributed by atoms with E-state index in [2.05, 4.69) is 28.1 Å². The van der Waals surface area contributed by atoms with E-state index in [4.69, 9.17) is 5.73 Å². The Kier molecular flexibility index (Phi) is 3.97. The number of aromatic hydroxyl groups is 1. The summed E-state index contributed by atoms with van der Waals surface area (Å²) in [6.45, 7) is 0. The third kappa shape index (κ3) is 3.41. The maximum absolute atomic E-state index is 9.33. The predicted molar refractivity (Wildman–Crippen MR) is 76.2 cm³/mol. The SMILES string of the molecule is Nc1cc(CSc2cccc(Br)c2)ccc1O. The lowest BCUT2D eigenvalue weighted by atomic mass is 10.2. The molecule has 0 fully saturated rings. The number of nitrogen functional groups attached to an aromatic ring is 1. The number of phenols is 1. The summed E-state index contributed by atoms with van der Waals surface area (Å²) in [4.78, 5) is 1.20. The fourth-order valence-electron chi connectivity index (χ4n) is 1.42. The predicted octanol–water partition coefficient (Wildman–Crippen LogP) is 4.03. The average molecular weight is 310 g/mol. The van der Waals surface area contributed by atoms with Crippen LogP contribution in [0.25, 0.3) is 0 Å². The van der Waals surface area contributed by atoms with Crippen molar-refractivity contribution in [2.24, 2.45) is 0 Å². The highest BCUT2D eigenvalue weighted by molar-refractivity contribution is 9.10. The number of anilines is 1. The number of nitrogens with two attached hydrogens (primary N) is 1. The van der Waals surface area contributed by atoms with Gasteiger partial charge in [-0.05, 0) is 35.9 Å². The minimum atomic E-state index is 0.140. The first-order valence-corrected chi connectivity index (χ1v) is 6.89. The van der Waals surface area contributed by atoms with Gasteiger partial charge in [-0.15, -0.1) is 11.8 Å². The Hall–Kier alpha value is -1.13. The van der Waals surface area contributed by atoms with Crippen LogP contribution < -0.4 is 5.73 Å². The summed E-state index contributed by atoms with van der Waals surface area (Å²) in [5, 5.41) is 9.33. The first kappa shape index (κ1) is 12.3. The highest BCUT2D eigenvalue weighted by atomic mass is 79.9. The fraction of sp³-hybridized carbons (Fsp3) is 0.0769. The summed E-state index contributed by atoms with van der Waals surface area (Å²) >= 11 is 5.18. The Balaban J connectivity index is 2.05. The van der Waals surface area contributed by atoms with Gasteiger partial charge in [-0.2, -0.15) is 0 Å². The van der Waals surface area contributed by atoms with Crippen LogP contribution in [-0.2, 0) is 5.75 Å². The summed E-state index contributed by atoms with van der Waals surface area (Å²) in [6, 6.07) is 13.5. The number of hydrogen-bond donors (Lipinski definition) is 2. The van der Waals surface area contributed by atoms with Crippen LogP contribution >= 0.6 is 27.7 Å². The molecule has 0 atom stereocenters. The van der Waals surface area contributed by atoms with Crippen LogP contribution in [-0.4, -0.2) is 5.11 Å². The molecule has 0 bridgehead atoms. The van der Waals surface area contributed by atoms with Crippen molar-refractivity contribution >= 4 is 33.4 Å². The van der Waals surface area contributed by atoms with Gasteiger partial charge in [0.15, 0.2) is 0 Å². The van der Waals surface area contributed by atoms with Gasteiger partial charge in [-0.3, -0.25) is 0 Å². The zero-order chi connectivity index (χ0) is 12.3. The third-order valence-electron chi connectivity index (χ3n) is 2.29. The normalized spacial score (nSPS) is 10.4. The molecule has 4 heteroatoms. The van der Waals surface area contributed by atoms with Gasteiger partial charge in [-0.25, -0.2) is 0 Å². The van der Waals surface area contributed by atoms with Crippen molar-refractivity contribution < 1.29 is 5.11 Å². The number of hydrogen-bond acceptors (Lipinski definition) is 3. The molecule has 0 saturated carbocycles. The van der Waals surface area contributed by atoms with Crippen LogP contribution in [0.1, 0.15) is 5.56 Å². The van der Waals surface area contributed by atoms with Gasteiger partial charge in [0.25, 0.3) is 0 Å². The lowest BCUT2D eigenvalue weighted by Crippen LogP contribution is -1.88. The molecule has 0 heterocycles. The van der Waals surface area contributed by atoms with E-state index in [9.17, 15) is 5.11 Å². The monoisotopic (exact) mass is 309 g/mol. The van der Waals surface area contributed by atoms with Gasteiger partial charge in [-0.1, -0.05) is 28.1 Å². The second kappa shape index (κ2) is 5.47. The summed E-state index contributed by atoms with van der Waals surface area (Å²) in [5.74, 6) is 0.974. The minimum absolute atomic E-state index is 0.140. The number of thioether (sulfide) groups is 1. The molecule has 0 unspecified atom stereocenters. The molecule has 0 radical (unpaired) electrons. The Morgan fingerprint density at radius 2 is 2.00 bits per heavy atom. The first-order chi connectivity index (χ1) is 8.15. The molecule has 2 rings (SSSR count). The molecule has 0 aromatic heterocycles. The van der Waals surface area contributed by atoms with Crippen LogP contribution in [0.15, 0.2) is 51.8 Å². The van der Waals surface area contributed by atoms with Gasteiger partial charge in [0.1, 0.15) is 5.75 Å². The van der Waals surface area contributed by atoms with Gasteiger partial charge in [0, 0.05) is 15.1 Å². The van der Waals surface area contributed by atoms with Crippen LogP contribution in [0.2, 0.25) is 0 Å². The van der Waals surface area contributed by atoms with Gasteiger partial charge >= 0.3 is 0 Å². The van der Waals surface area contributed by atoms with Crippen LogP contribution in [0.3, 0.4) is 0 Å². The minimum Gasteiger partial charge on any atom is -0.506 e. The molecule has 3 N–H and O–H groups in total. The molecular formula is C13H12BrNOS. The van der Waals surface area contributed by atoms with Crippen molar-refractivity contribution in [3.05, 3.63) is 52.5 Å². The lowest BCUT2D eigenvalue weighted by molar-refractivity contribution is 0.478. The van der Waals surface area contributed by atoms with Crippen LogP contribution in [0, 0.1) is 0 Å². The Morgan fingerprint density at radius 1 is 1.18 bits per heavy atom.